The maximum atomic E-state index is 10.3. The molecule has 0 aliphatic carbocycles. The predicted molar refractivity (Wildman–Crippen MR) is 110 cm³/mol. The summed E-state index contributed by atoms with van der Waals surface area (Å²) >= 11 is 2.34. The summed E-state index contributed by atoms with van der Waals surface area (Å²) in [6.07, 6.45) is 1.77. The van der Waals surface area contributed by atoms with E-state index in [1.165, 1.54) is 11.1 Å². The Morgan fingerprint density at radius 3 is 2.35 bits per heavy atom. The van der Waals surface area contributed by atoms with Gasteiger partial charge in [0.05, 0.1) is 21.3 Å². The number of fused-ring (bicyclic) bond motifs is 1. The Morgan fingerprint density at radius 2 is 1.69 bits per heavy atom. The number of hydrogen-bond donors (Lipinski definition) is 1. The van der Waals surface area contributed by atoms with Crippen LogP contribution in [-0.2, 0) is 12.8 Å². The van der Waals surface area contributed by atoms with E-state index >= 15 is 0 Å². The molecule has 1 N–H and O–H groups in total. The van der Waals surface area contributed by atoms with Crippen LogP contribution in [0.25, 0.3) is 0 Å². The molecular weight excluding hydrogens is 445 g/mol. The lowest BCUT2D eigenvalue weighted by Crippen LogP contribution is -2.33. The van der Waals surface area contributed by atoms with Gasteiger partial charge in [-0.05, 0) is 83.4 Å². The van der Waals surface area contributed by atoms with Crippen molar-refractivity contribution in [2.45, 2.75) is 18.9 Å². The van der Waals surface area contributed by atoms with E-state index in [1.807, 2.05) is 24.3 Å². The van der Waals surface area contributed by atoms with Gasteiger partial charge in [0.25, 0.3) is 0 Å². The van der Waals surface area contributed by atoms with Crippen molar-refractivity contribution in [1.82, 2.24) is 4.90 Å². The number of hydrogen-bond acceptors (Lipinski definition) is 5. The summed E-state index contributed by atoms with van der Waals surface area (Å²) in [6, 6.07) is 8.05. The summed E-state index contributed by atoms with van der Waals surface area (Å²) in [5.41, 5.74) is 3.59. The monoisotopic (exact) mass is 469 g/mol. The van der Waals surface area contributed by atoms with Gasteiger partial charge in [-0.1, -0.05) is 0 Å². The van der Waals surface area contributed by atoms with Crippen molar-refractivity contribution >= 4 is 22.6 Å². The zero-order valence-corrected chi connectivity index (χ0v) is 17.7. The molecule has 2 aromatic rings. The lowest BCUT2D eigenvalue weighted by Gasteiger charge is -2.35. The van der Waals surface area contributed by atoms with Gasteiger partial charge in [-0.3, -0.25) is 4.90 Å². The lowest BCUT2D eigenvalue weighted by molar-refractivity contribution is 0.227. The van der Waals surface area contributed by atoms with Crippen molar-refractivity contribution in [2.24, 2.45) is 0 Å². The van der Waals surface area contributed by atoms with E-state index in [4.69, 9.17) is 14.2 Å². The predicted octanol–water partition coefficient (Wildman–Crippen LogP) is 3.79. The zero-order chi connectivity index (χ0) is 18.8. The summed E-state index contributed by atoms with van der Waals surface area (Å²) < 4.78 is 17.3. The van der Waals surface area contributed by atoms with E-state index in [1.54, 1.807) is 21.3 Å². The highest BCUT2D eigenvalue weighted by Gasteiger charge is 2.27. The molecule has 2 aromatic carbocycles. The third-order valence-electron chi connectivity index (χ3n) is 5.03. The van der Waals surface area contributed by atoms with Crippen LogP contribution in [0.2, 0.25) is 0 Å². The minimum absolute atomic E-state index is 0.183. The number of ether oxygens (including phenoxy) is 3. The summed E-state index contributed by atoms with van der Waals surface area (Å²) in [7, 11) is 7.01. The number of phenolic OH excluding ortho intramolecular Hbond substituents is 1. The van der Waals surface area contributed by atoms with Gasteiger partial charge in [-0.25, -0.2) is 0 Å². The SMILES string of the molecule is COc1cc2c(cc1O)C(Cc1cc(OC)c(OC)cc1I)N(C)CC2. The van der Waals surface area contributed by atoms with E-state index in [2.05, 4.69) is 34.5 Å². The van der Waals surface area contributed by atoms with Crippen LogP contribution in [-0.4, -0.2) is 44.9 Å². The first-order valence-electron chi connectivity index (χ1n) is 8.48. The summed E-state index contributed by atoms with van der Waals surface area (Å²) in [4.78, 5) is 2.33. The Hall–Kier alpha value is -1.67. The van der Waals surface area contributed by atoms with E-state index in [-0.39, 0.29) is 11.8 Å². The molecule has 0 saturated heterocycles. The van der Waals surface area contributed by atoms with Crippen molar-refractivity contribution < 1.29 is 19.3 Å². The standard InChI is InChI=1S/C20H24INO4/c1-22-6-5-12-8-18(24-2)17(23)10-14(12)16(22)7-13-9-19(25-3)20(26-4)11-15(13)21/h8-11,16,23H,5-7H2,1-4H3. The first kappa shape index (κ1) is 19.1. The Balaban J connectivity index is 1.99. The number of likely N-dealkylation sites (N-methyl/N-ethyl adjacent to an activating group) is 1. The topological polar surface area (TPSA) is 51.2 Å². The number of aromatic hydroxyl groups is 1. The first-order valence-corrected chi connectivity index (χ1v) is 9.56. The van der Waals surface area contributed by atoms with Gasteiger partial charge in [0.1, 0.15) is 0 Å². The average molecular weight is 469 g/mol. The van der Waals surface area contributed by atoms with E-state index < -0.39 is 0 Å². The van der Waals surface area contributed by atoms with Crippen molar-refractivity contribution in [3.05, 3.63) is 44.5 Å². The number of halogens is 1. The smallest absolute Gasteiger partial charge is 0.161 e. The van der Waals surface area contributed by atoms with Crippen LogP contribution in [0.5, 0.6) is 23.0 Å². The molecule has 0 bridgehead atoms. The highest BCUT2D eigenvalue weighted by Crippen LogP contribution is 2.40. The zero-order valence-electron chi connectivity index (χ0n) is 15.5. The normalized spacial score (nSPS) is 16.9. The second-order valence-corrected chi connectivity index (χ2v) is 7.63. The minimum atomic E-state index is 0.183. The van der Waals surface area contributed by atoms with Crippen molar-refractivity contribution in [2.75, 3.05) is 34.9 Å². The fourth-order valence-corrected chi connectivity index (χ4v) is 4.19. The molecule has 0 saturated carbocycles. The first-order chi connectivity index (χ1) is 12.5. The van der Waals surface area contributed by atoms with Gasteiger partial charge >= 0.3 is 0 Å². The molecule has 0 spiro atoms. The molecule has 3 rings (SSSR count). The van der Waals surface area contributed by atoms with Gasteiger partial charge in [-0.15, -0.1) is 0 Å². The molecular formula is C20H24INO4. The van der Waals surface area contributed by atoms with Gasteiger partial charge < -0.3 is 19.3 Å². The number of phenols is 1. The van der Waals surface area contributed by atoms with E-state index in [0.717, 1.165) is 40.0 Å². The molecule has 0 fully saturated rings. The number of rotatable bonds is 5. The average Bonchev–Trinajstić information content (AvgIpc) is 2.64. The molecule has 6 heteroatoms. The van der Waals surface area contributed by atoms with E-state index in [9.17, 15) is 5.11 Å². The van der Waals surface area contributed by atoms with Crippen LogP contribution in [0, 0.1) is 3.57 Å². The highest BCUT2D eigenvalue weighted by atomic mass is 127. The molecule has 1 unspecified atom stereocenters. The van der Waals surface area contributed by atoms with Gasteiger partial charge in [-0.2, -0.15) is 0 Å². The largest absolute Gasteiger partial charge is 0.504 e. The Kier molecular flexibility index (Phi) is 5.82. The lowest BCUT2D eigenvalue weighted by atomic mass is 9.88. The molecule has 5 nitrogen and oxygen atoms in total. The fraction of sp³-hybridized carbons (Fsp3) is 0.400. The van der Waals surface area contributed by atoms with Crippen molar-refractivity contribution in [1.29, 1.82) is 0 Å². The molecule has 1 atom stereocenters. The fourth-order valence-electron chi connectivity index (χ4n) is 3.53. The van der Waals surface area contributed by atoms with Crippen LogP contribution >= 0.6 is 22.6 Å². The Labute approximate surface area is 168 Å². The van der Waals surface area contributed by atoms with Gasteiger partial charge in [0.15, 0.2) is 23.0 Å². The van der Waals surface area contributed by atoms with Crippen LogP contribution in [0.1, 0.15) is 22.7 Å². The van der Waals surface area contributed by atoms with Gasteiger partial charge in [0.2, 0.25) is 0 Å². The summed E-state index contributed by atoms with van der Waals surface area (Å²) in [5.74, 6) is 2.20. The van der Waals surface area contributed by atoms with Crippen molar-refractivity contribution in [3.63, 3.8) is 0 Å². The maximum Gasteiger partial charge on any atom is 0.161 e. The molecule has 0 amide bonds. The molecule has 1 aliphatic heterocycles. The van der Waals surface area contributed by atoms with Crippen LogP contribution in [0.4, 0.5) is 0 Å². The highest BCUT2D eigenvalue weighted by molar-refractivity contribution is 14.1. The number of benzene rings is 2. The maximum absolute atomic E-state index is 10.3. The Morgan fingerprint density at radius 1 is 1.04 bits per heavy atom. The van der Waals surface area contributed by atoms with Crippen molar-refractivity contribution in [3.8, 4) is 23.0 Å². The van der Waals surface area contributed by atoms with Crippen LogP contribution < -0.4 is 14.2 Å². The molecule has 26 heavy (non-hydrogen) atoms. The Bertz CT molecular complexity index is 809. The minimum Gasteiger partial charge on any atom is -0.504 e. The molecule has 140 valence electrons. The van der Waals surface area contributed by atoms with E-state index in [0.29, 0.717) is 5.75 Å². The second-order valence-electron chi connectivity index (χ2n) is 6.47. The molecule has 1 aliphatic rings. The summed E-state index contributed by atoms with van der Waals surface area (Å²) in [5, 5.41) is 10.3. The number of nitrogens with zero attached hydrogens (tertiary/aromatic N) is 1. The molecule has 1 heterocycles. The quantitative estimate of drug-likeness (QED) is 0.676. The number of methoxy groups -OCH3 is 3. The third kappa shape index (κ3) is 3.57. The second kappa shape index (κ2) is 7.92. The third-order valence-corrected chi connectivity index (χ3v) is 6.04. The molecule has 0 radical (unpaired) electrons. The van der Waals surface area contributed by atoms with Crippen LogP contribution in [0.15, 0.2) is 24.3 Å². The summed E-state index contributed by atoms with van der Waals surface area (Å²) in [6.45, 7) is 0.968. The van der Waals surface area contributed by atoms with Crippen LogP contribution in [0.3, 0.4) is 0 Å². The molecule has 0 aromatic heterocycles. The van der Waals surface area contributed by atoms with Gasteiger partial charge in [0, 0.05) is 16.2 Å².